The van der Waals surface area contributed by atoms with Gasteiger partial charge in [-0.15, -0.1) is 0 Å². The first-order chi connectivity index (χ1) is 20.3. The molecule has 0 aliphatic carbocycles. The van der Waals surface area contributed by atoms with Crippen LogP contribution in [-0.4, -0.2) is 41.0 Å². The predicted octanol–water partition coefficient (Wildman–Crippen LogP) is 8.36. The fraction of sp³-hybridized carbons (Fsp3) is 0.528. The smallest absolute Gasteiger partial charge is 0.408 e. The Labute approximate surface area is 259 Å². The molecular formula is C36H53N3O4. The summed E-state index contributed by atoms with van der Waals surface area (Å²) in [5.41, 5.74) is 3.42. The molecule has 0 aliphatic rings. The number of para-hydroxylation sites is 1. The van der Waals surface area contributed by atoms with Crippen molar-refractivity contribution in [2.45, 2.75) is 112 Å². The van der Waals surface area contributed by atoms with Gasteiger partial charge in [0.25, 0.3) is 5.91 Å². The number of unbranched alkanes of at least 4 members (excludes halogenated alkanes) is 5. The maximum Gasteiger partial charge on any atom is 0.408 e. The van der Waals surface area contributed by atoms with Crippen molar-refractivity contribution in [3.63, 3.8) is 0 Å². The Balaban J connectivity index is 2.58. The Bertz CT molecular complexity index is 1210. The number of amides is 3. The van der Waals surface area contributed by atoms with E-state index in [0.717, 1.165) is 54.5 Å². The molecule has 0 spiro atoms. The van der Waals surface area contributed by atoms with E-state index in [-0.39, 0.29) is 17.7 Å². The lowest BCUT2D eigenvalue weighted by molar-refractivity contribution is -0.141. The molecule has 7 heteroatoms. The third kappa shape index (κ3) is 11.2. The standard InChI is InChI=1S/C36H53N3O4/c1-10-12-13-14-15-16-23-39(34(41)30(25(3)4)38-35(42)43-36(7,8)9)32(29-22-18-21-28(11-2)24-29)33(40)37-31-26(5)19-17-20-27(31)6/h11,17-22,24-25,30,32H,2,10,12-16,23H2,1,3-9H3,(H,37,40)(H,38,42). The largest absolute Gasteiger partial charge is 0.444 e. The average molecular weight is 592 g/mol. The van der Waals surface area contributed by atoms with Gasteiger partial charge in [0.1, 0.15) is 17.7 Å². The first-order valence-electron chi connectivity index (χ1n) is 15.7. The normalized spacial score (nSPS) is 12.8. The van der Waals surface area contributed by atoms with Crippen LogP contribution in [0.5, 0.6) is 0 Å². The zero-order valence-corrected chi connectivity index (χ0v) is 27.6. The maximum atomic E-state index is 14.5. The van der Waals surface area contributed by atoms with Gasteiger partial charge in [0.05, 0.1) is 0 Å². The first-order valence-corrected chi connectivity index (χ1v) is 15.7. The maximum absolute atomic E-state index is 14.5. The molecule has 0 aromatic heterocycles. The number of rotatable bonds is 15. The lowest BCUT2D eigenvalue weighted by Crippen LogP contribution is -2.54. The lowest BCUT2D eigenvalue weighted by atomic mass is 9.97. The second-order valence-electron chi connectivity index (χ2n) is 12.7. The highest BCUT2D eigenvalue weighted by atomic mass is 16.6. The SMILES string of the molecule is C=Cc1cccc(C(C(=O)Nc2c(C)cccc2C)N(CCCCCCCC)C(=O)C(NC(=O)OC(C)(C)C)C(C)C)c1. The fourth-order valence-corrected chi connectivity index (χ4v) is 5.09. The van der Waals surface area contributed by atoms with Crippen molar-refractivity contribution in [3.05, 3.63) is 71.3 Å². The van der Waals surface area contributed by atoms with Crippen LogP contribution in [0.3, 0.4) is 0 Å². The van der Waals surface area contributed by atoms with Gasteiger partial charge in [0, 0.05) is 12.2 Å². The monoisotopic (exact) mass is 591 g/mol. The topological polar surface area (TPSA) is 87.7 Å². The predicted molar refractivity (Wildman–Crippen MR) is 177 cm³/mol. The van der Waals surface area contributed by atoms with Crippen LogP contribution < -0.4 is 10.6 Å². The van der Waals surface area contributed by atoms with Gasteiger partial charge in [-0.2, -0.15) is 0 Å². The molecule has 0 aliphatic heterocycles. The Morgan fingerprint density at radius 1 is 0.953 bits per heavy atom. The summed E-state index contributed by atoms with van der Waals surface area (Å²) in [6, 6.07) is 11.6. The van der Waals surface area contributed by atoms with E-state index in [2.05, 4.69) is 24.1 Å². The minimum Gasteiger partial charge on any atom is -0.444 e. The van der Waals surface area contributed by atoms with E-state index in [1.807, 2.05) is 70.2 Å². The van der Waals surface area contributed by atoms with Crippen molar-refractivity contribution >= 4 is 29.7 Å². The Hall–Kier alpha value is -3.61. The van der Waals surface area contributed by atoms with Crippen molar-refractivity contribution < 1.29 is 19.1 Å². The van der Waals surface area contributed by atoms with Gasteiger partial charge in [-0.3, -0.25) is 9.59 Å². The van der Waals surface area contributed by atoms with E-state index in [4.69, 9.17) is 4.74 Å². The average Bonchev–Trinajstić information content (AvgIpc) is 2.93. The highest BCUT2D eigenvalue weighted by molar-refractivity contribution is 6.00. The number of carbonyl (C=O) groups is 3. The number of hydrogen-bond donors (Lipinski definition) is 2. The van der Waals surface area contributed by atoms with Crippen LogP contribution in [0, 0.1) is 19.8 Å². The molecular weight excluding hydrogens is 538 g/mol. The lowest BCUT2D eigenvalue weighted by Gasteiger charge is -2.36. The number of carbonyl (C=O) groups excluding carboxylic acids is 3. The minimum absolute atomic E-state index is 0.242. The van der Waals surface area contributed by atoms with E-state index in [1.54, 1.807) is 31.7 Å². The van der Waals surface area contributed by atoms with Gasteiger partial charge in [0.2, 0.25) is 5.91 Å². The van der Waals surface area contributed by atoms with Crippen LogP contribution in [0.25, 0.3) is 6.08 Å². The van der Waals surface area contributed by atoms with E-state index in [0.29, 0.717) is 12.1 Å². The Kier molecular flexibility index (Phi) is 14.0. The van der Waals surface area contributed by atoms with E-state index < -0.39 is 23.8 Å². The van der Waals surface area contributed by atoms with Gasteiger partial charge in [-0.25, -0.2) is 4.79 Å². The quantitative estimate of drug-likeness (QED) is 0.204. The molecule has 0 fully saturated rings. The van der Waals surface area contributed by atoms with Crippen LogP contribution in [0.4, 0.5) is 10.5 Å². The number of aryl methyl sites for hydroxylation is 2. The third-order valence-corrected chi connectivity index (χ3v) is 7.39. The fourth-order valence-electron chi connectivity index (χ4n) is 5.09. The van der Waals surface area contributed by atoms with Crippen LogP contribution in [0.1, 0.15) is 108 Å². The molecule has 2 N–H and O–H groups in total. The molecule has 236 valence electrons. The summed E-state index contributed by atoms with van der Waals surface area (Å²) in [4.78, 5) is 43.3. The van der Waals surface area contributed by atoms with Crippen molar-refractivity contribution in [3.8, 4) is 0 Å². The summed E-state index contributed by atoms with van der Waals surface area (Å²) in [5.74, 6) is -0.869. The van der Waals surface area contributed by atoms with Gasteiger partial charge in [-0.1, -0.05) is 102 Å². The van der Waals surface area contributed by atoms with Gasteiger partial charge in [-0.05, 0) is 75.3 Å². The van der Waals surface area contributed by atoms with E-state index in [9.17, 15) is 14.4 Å². The van der Waals surface area contributed by atoms with Crippen molar-refractivity contribution in [2.75, 3.05) is 11.9 Å². The number of hydrogen-bond acceptors (Lipinski definition) is 4. The number of nitrogens with zero attached hydrogens (tertiary/aromatic N) is 1. The number of benzene rings is 2. The van der Waals surface area contributed by atoms with Crippen molar-refractivity contribution in [1.29, 1.82) is 0 Å². The molecule has 2 unspecified atom stereocenters. The molecule has 0 saturated carbocycles. The third-order valence-electron chi connectivity index (χ3n) is 7.39. The number of alkyl carbamates (subject to hydrolysis) is 1. The molecule has 0 heterocycles. The molecule has 3 amide bonds. The molecule has 0 saturated heterocycles. The van der Waals surface area contributed by atoms with Gasteiger partial charge >= 0.3 is 6.09 Å². The molecule has 2 rings (SSSR count). The van der Waals surface area contributed by atoms with E-state index in [1.165, 1.54) is 6.42 Å². The summed E-state index contributed by atoms with van der Waals surface area (Å²) < 4.78 is 5.50. The number of ether oxygens (including phenoxy) is 1. The molecule has 0 radical (unpaired) electrons. The Morgan fingerprint density at radius 2 is 1.56 bits per heavy atom. The zero-order valence-electron chi connectivity index (χ0n) is 27.6. The van der Waals surface area contributed by atoms with Crippen LogP contribution in [-0.2, 0) is 14.3 Å². The van der Waals surface area contributed by atoms with Gasteiger partial charge < -0.3 is 20.3 Å². The summed E-state index contributed by atoms with van der Waals surface area (Å²) in [5, 5.41) is 5.94. The van der Waals surface area contributed by atoms with Crippen molar-refractivity contribution in [2.24, 2.45) is 5.92 Å². The summed E-state index contributed by atoms with van der Waals surface area (Å²) in [6.07, 6.45) is 7.26. The van der Waals surface area contributed by atoms with Crippen LogP contribution >= 0.6 is 0 Å². The molecule has 2 aromatic rings. The second kappa shape index (κ2) is 16.9. The first kappa shape index (κ1) is 35.6. The molecule has 2 aromatic carbocycles. The number of anilines is 1. The second-order valence-corrected chi connectivity index (χ2v) is 12.7. The molecule has 7 nitrogen and oxygen atoms in total. The Morgan fingerprint density at radius 3 is 2.14 bits per heavy atom. The van der Waals surface area contributed by atoms with Crippen LogP contribution in [0.15, 0.2) is 49.0 Å². The molecule has 0 bridgehead atoms. The summed E-state index contributed by atoms with van der Waals surface area (Å²) in [7, 11) is 0. The molecule has 43 heavy (non-hydrogen) atoms. The van der Waals surface area contributed by atoms with Gasteiger partial charge in [0.15, 0.2) is 0 Å². The van der Waals surface area contributed by atoms with E-state index >= 15 is 0 Å². The van der Waals surface area contributed by atoms with Crippen molar-refractivity contribution in [1.82, 2.24) is 10.2 Å². The highest BCUT2D eigenvalue weighted by Crippen LogP contribution is 2.29. The minimum atomic E-state index is -0.927. The zero-order chi connectivity index (χ0) is 32.2. The molecule has 2 atom stereocenters. The highest BCUT2D eigenvalue weighted by Gasteiger charge is 2.37. The number of nitrogens with one attached hydrogen (secondary N) is 2. The summed E-state index contributed by atoms with van der Waals surface area (Å²) in [6.45, 7) is 19.5. The summed E-state index contributed by atoms with van der Waals surface area (Å²) >= 11 is 0. The van der Waals surface area contributed by atoms with Crippen LogP contribution in [0.2, 0.25) is 0 Å².